The summed E-state index contributed by atoms with van der Waals surface area (Å²) in [6.07, 6.45) is 0. The monoisotopic (exact) mass is 450 g/mol. The summed E-state index contributed by atoms with van der Waals surface area (Å²) < 4.78 is 10.4. The Hall–Kier alpha value is -2.93. The topological polar surface area (TPSA) is 35.2 Å². The van der Waals surface area contributed by atoms with Crippen molar-refractivity contribution in [2.24, 2.45) is 0 Å². The number of ether oxygens (including phenoxy) is 1. The predicted octanol–water partition coefficient (Wildman–Crippen LogP) is 5.73. The smallest absolute Gasteiger partial charge is 0.203 e. The molecule has 0 bridgehead atoms. The van der Waals surface area contributed by atoms with Crippen molar-refractivity contribution in [2.45, 2.75) is 19.8 Å². The zero-order chi connectivity index (χ0) is 21.6. The highest BCUT2D eigenvalue weighted by Gasteiger charge is 2.14. The van der Waals surface area contributed by atoms with E-state index in [2.05, 4.69) is 24.1 Å². The lowest BCUT2D eigenvalue weighted by Crippen LogP contribution is -2.22. The van der Waals surface area contributed by atoms with E-state index in [9.17, 15) is 0 Å². The van der Waals surface area contributed by atoms with Gasteiger partial charge in [-0.25, -0.2) is 4.68 Å². The minimum absolute atomic E-state index is 0.287. The molecule has 158 valence electrons. The van der Waals surface area contributed by atoms with Crippen LogP contribution in [0.3, 0.4) is 0 Å². The van der Waals surface area contributed by atoms with Crippen LogP contribution in [0.1, 0.15) is 11.4 Å². The van der Waals surface area contributed by atoms with Crippen LogP contribution in [-0.4, -0.2) is 26.3 Å². The molecule has 1 heterocycles. The second-order valence-corrected chi connectivity index (χ2v) is 8.05. The fourth-order valence-electron chi connectivity index (χ4n) is 3.33. The second-order valence-electron chi connectivity index (χ2n) is 7.25. The number of para-hydroxylation sites is 1. The predicted molar refractivity (Wildman–Crippen MR) is 126 cm³/mol. The van der Waals surface area contributed by atoms with E-state index in [1.165, 1.54) is 5.56 Å². The molecule has 7 heteroatoms. The number of benzene rings is 3. The first-order valence-corrected chi connectivity index (χ1v) is 10.7. The summed E-state index contributed by atoms with van der Waals surface area (Å²) >= 11 is 11.8. The van der Waals surface area contributed by atoms with Crippen molar-refractivity contribution < 1.29 is 4.74 Å². The van der Waals surface area contributed by atoms with Crippen LogP contribution < -0.4 is 4.74 Å². The van der Waals surface area contributed by atoms with E-state index in [-0.39, 0.29) is 6.61 Å². The highest BCUT2D eigenvalue weighted by molar-refractivity contribution is 7.71. The summed E-state index contributed by atoms with van der Waals surface area (Å²) in [7, 11) is 2.06. The van der Waals surface area contributed by atoms with Gasteiger partial charge in [-0.1, -0.05) is 60.1 Å². The van der Waals surface area contributed by atoms with Gasteiger partial charge in [-0.15, -0.1) is 0 Å². The Morgan fingerprint density at radius 2 is 1.58 bits per heavy atom. The van der Waals surface area contributed by atoms with Crippen LogP contribution in [0.4, 0.5) is 0 Å². The van der Waals surface area contributed by atoms with Crippen molar-refractivity contribution in [1.82, 2.24) is 19.2 Å². The second kappa shape index (κ2) is 9.92. The number of nitrogens with zero attached hydrogens (tertiary/aromatic N) is 4. The van der Waals surface area contributed by atoms with E-state index in [1.54, 1.807) is 12.1 Å². The van der Waals surface area contributed by atoms with Crippen LogP contribution in [0.2, 0.25) is 5.02 Å². The summed E-state index contributed by atoms with van der Waals surface area (Å²) in [6, 6.07) is 27.6. The molecule has 0 amide bonds. The summed E-state index contributed by atoms with van der Waals surface area (Å²) in [5.74, 6) is 1.46. The Kier molecular flexibility index (Phi) is 6.82. The Balaban J connectivity index is 1.59. The Bertz CT molecular complexity index is 1170. The van der Waals surface area contributed by atoms with Gasteiger partial charge in [0.25, 0.3) is 0 Å². The summed E-state index contributed by atoms with van der Waals surface area (Å²) in [6.45, 7) is 1.66. The maximum absolute atomic E-state index is 5.97. The van der Waals surface area contributed by atoms with E-state index < -0.39 is 0 Å². The molecule has 0 radical (unpaired) electrons. The Morgan fingerprint density at radius 1 is 0.935 bits per heavy atom. The number of hydrogen-bond donors (Lipinski definition) is 0. The van der Waals surface area contributed by atoms with Gasteiger partial charge in [-0.05, 0) is 61.2 Å². The quantitative estimate of drug-likeness (QED) is 0.321. The maximum Gasteiger partial charge on any atom is 0.203 e. The molecular weight excluding hydrogens is 428 g/mol. The zero-order valence-electron chi connectivity index (χ0n) is 17.2. The van der Waals surface area contributed by atoms with Crippen molar-refractivity contribution in [2.75, 3.05) is 7.05 Å². The van der Waals surface area contributed by atoms with E-state index in [0.717, 1.165) is 23.8 Å². The maximum atomic E-state index is 5.97. The molecule has 0 unspecified atom stereocenters. The number of rotatable bonds is 8. The molecule has 5 nitrogen and oxygen atoms in total. The number of hydrogen-bond acceptors (Lipinski definition) is 4. The van der Waals surface area contributed by atoms with Gasteiger partial charge in [-0.2, -0.15) is 5.10 Å². The molecule has 0 aliphatic carbocycles. The van der Waals surface area contributed by atoms with E-state index in [4.69, 9.17) is 33.7 Å². The standard InChI is InChI=1S/C24H23ClN4OS/c1-27(16-19-8-4-2-5-9-19)18-28-24(31)29(21-10-6-3-7-11-21)23(26-28)17-30-22-14-12-20(25)13-15-22/h2-15H,16-18H2,1H3. The van der Waals surface area contributed by atoms with E-state index >= 15 is 0 Å². The molecule has 0 atom stereocenters. The number of aromatic nitrogens is 3. The first-order chi connectivity index (χ1) is 15.1. The van der Waals surface area contributed by atoms with Crippen molar-refractivity contribution in [3.05, 3.63) is 106 Å². The molecule has 1 aromatic heterocycles. The van der Waals surface area contributed by atoms with Crippen LogP contribution in [-0.2, 0) is 19.8 Å². The molecule has 0 aliphatic heterocycles. The first-order valence-electron chi connectivity index (χ1n) is 9.95. The molecule has 4 rings (SSSR count). The van der Waals surface area contributed by atoms with Crippen LogP contribution in [0, 0.1) is 4.77 Å². The van der Waals surface area contributed by atoms with Crippen molar-refractivity contribution in [1.29, 1.82) is 0 Å². The highest BCUT2D eigenvalue weighted by Crippen LogP contribution is 2.19. The van der Waals surface area contributed by atoms with E-state index in [1.807, 2.05) is 69.9 Å². The van der Waals surface area contributed by atoms with Gasteiger partial charge < -0.3 is 4.74 Å². The highest BCUT2D eigenvalue weighted by atomic mass is 35.5. The van der Waals surface area contributed by atoms with Gasteiger partial charge in [0.05, 0.1) is 6.67 Å². The molecule has 0 fully saturated rings. The third kappa shape index (κ3) is 5.41. The Labute approximate surface area is 192 Å². The molecule has 0 aliphatic rings. The average molecular weight is 451 g/mol. The molecular formula is C24H23ClN4OS. The van der Waals surface area contributed by atoms with Crippen LogP contribution >= 0.6 is 23.8 Å². The molecule has 0 N–H and O–H groups in total. The van der Waals surface area contributed by atoms with Gasteiger partial charge in [0.2, 0.25) is 4.77 Å². The van der Waals surface area contributed by atoms with Crippen LogP contribution in [0.25, 0.3) is 5.69 Å². The summed E-state index contributed by atoms with van der Waals surface area (Å²) in [5, 5.41) is 5.45. The first kappa shape index (κ1) is 21.3. The minimum atomic E-state index is 0.287. The lowest BCUT2D eigenvalue weighted by atomic mass is 10.2. The summed E-state index contributed by atoms with van der Waals surface area (Å²) in [5.41, 5.74) is 2.20. The van der Waals surface area contributed by atoms with Crippen LogP contribution in [0.5, 0.6) is 5.75 Å². The largest absolute Gasteiger partial charge is 0.486 e. The number of halogens is 1. The molecule has 31 heavy (non-hydrogen) atoms. The molecule has 4 aromatic rings. The SMILES string of the molecule is CN(Cc1ccccc1)Cn1nc(COc2ccc(Cl)cc2)n(-c2ccccc2)c1=S. The molecule has 0 saturated carbocycles. The van der Waals surface area contributed by atoms with Gasteiger partial charge >= 0.3 is 0 Å². The average Bonchev–Trinajstić information content (AvgIpc) is 3.09. The third-order valence-corrected chi connectivity index (χ3v) is 5.42. The van der Waals surface area contributed by atoms with Crippen molar-refractivity contribution in [3.63, 3.8) is 0 Å². The van der Waals surface area contributed by atoms with Gasteiger partial charge in [0.15, 0.2) is 5.82 Å². The van der Waals surface area contributed by atoms with Gasteiger partial charge in [0.1, 0.15) is 12.4 Å². The zero-order valence-corrected chi connectivity index (χ0v) is 18.8. The minimum Gasteiger partial charge on any atom is -0.486 e. The fraction of sp³-hybridized carbons (Fsp3) is 0.167. The lowest BCUT2D eigenvalue weighted by Gasteiger charge is -2.16. The van der Waals surface area contributed by atoms with Crippen molar-refractivity contribution in [3.8, 4) is 11.4 Å². The van der Waals surface area contributed by atoms with Gasteiger partial charge in [0, 0.05) is 17.3 Å². The molecule has 0 saturated heterocycles. The van der Waals surface area contributed by atoms with Crippen LogP contribution in [0.15, 0.2) is 84.9 Å². The fourth-order valence-corrected chi connectivity index (χ4v) is 3.76. The molecule has 3 aromatic carbocycles. The summed E-state index contributed by atoms with van der Waals surface area (Å²) in [4.78, 5) is 2.18. The van der Waals surface area contributed by atoms with Gasteiger partial charge in [-0.3, -0.25) is 9.47 Å². The van der Waals surface area contributed by atoms with Crippen molar-refractivity contribution >= 4 is 23.8 Å². The molecule has 0 spiro atoms. The lowest BCUT2D eigenvalue weighted by molar-refractivity contribution is 0.241. The Morgan fingerprint density at radius 3 is 2.26 bits per heavy atom. The normalized spacial score (nSPS) is 11.1. The van der Waals surface area contributed by atoms with E-state index in [0.29, 0.717) is 16.5 Å². The third-order valence-electron chi connectivity index (χ3n) is 4.77.